The number of carbonyl (C=O) groups is 1. The lowest BCUT2D eigenvalue weighted by Crippen LogP contribution is -2.49. The van der Waals surface area contributed by atoms with Crippen molar-refractivity contribution in [2.24, 2.45) is 5.92 Å². The molecule has 10 heteroatoms. The highest BCUT2D eigenvalue weighted by Gasteiger charge is 2.35. The molecule has 7 rings (SSSR count). The number of fused-ring (bicyclic) bond motifs is 1. The van der Waals surface area contributed by atoms with Crippen molar-refractivity contribution in [3.63, 3.8) is 0 Å². The molecule has 1 amide bonds. The first-order chi connectivity index (χ1) is 18.2. The van der Waals surface area contributed by atoms with Crippen LogP contribution in [0.1, 0.15) is 75.8 Å². The van der Waals surface area contributed by atoms with Crippen LogP contribution >= 0.6 is 0 Å². The summed E-state index contributed by atoms with van der Waals surface area (Å²) in [6.45, 7) is 1.95. The Morgan fingerprint density at radius 3 is 2.68 bits per heavy atom. The summed E-state index contributed by atoms with van der Waals surface area (Å²) in [7, 11) is 0. The summed E-state index contributed by atoms with van der Waals surface area (Å²) in [5.41, 5.74) is 1.97. The molecule has 10 nitrogen and oxygen atoms in total. The molecule has 37 heavy (non-hydrogen) atoms. The minimum atomic E-state index is -0.233. The van der Waals surface area contributed by atoms with Gasteiger partial charge in [-0.25, -0.2) is 0 Å². The molecule has 0 unspecified atom stereocenters. The van der Waals surface area contributed by atoms with Crippen molar-refractivity contribution in [3.8, 4) is 0 Å². The maximum atomic E-state index is 13.4. The Hall–Kier alpha value is -3.14. The van der Waals surface area contributed by atoms with Crippen molar-refractivity contribution in [2.75, 3.05) is 23.3 Å². The third-order valence-corrected chi connectivity index (χ3v) is 8.51. The Balaban J connectivity index is 1.03. The zero-order valence-electron chi connectivity index (χ0n) is 21.3. The van der Waals surface area contributed by atoms with Crippen molar-refractivity contribution >= 4 is 29.3 Å². The third kappa shape index (κ3) is 5.03. The van der Waals surface area contributed by atoms with Crippen molar-refractivity contribution in [1.82, 2.24) is 35.2 Å². The highest BCUT2D eigenvalue weighted by Crippen LogP contribution is 2.39. The second-order valence-electron chi connectivity index (χ2n) is 11.5. The number of hydrogen-bond acceptors (Lipinski definition) is 7. The van der Waals surface area contributed by atoms with Crippen LogP contribution in [0.4, 0.5) is 17.7 Å². The minimum absolute atomic E-state index is 0.113. The highest BCUT2D eigenvalue weighted by atomic mass is 16.2. The van der Waals surface area contributed by atoms with Crippen LogP contribution in [-0.2, 0) is 4.79 Å². The maximum Gasteiger partial charge on any atom is 0.243 e. The number of H-pyrrole nitrogens is 1. The SMILES string of the molecule is O=C(NC1CCC(NCC2CC2)CC1)[C@@H]1CCCN1c1nc(Nc2cc(C3CC3)[nH]n2)n2cccc2n1. The van der Waals surface area contributed by atoms with Crippen LogP contribution in [0.2, 0.25) is 0 Å². The fourth-order valence-electron chi connectivity index (χ4n) is 5.93. The van der Waals surface area contributed by atoms with E-state index in [-0.39, 0.29) is 18.0 Å². The van der Waals surface area contributed by atoms with Crippen LogP contribution < -0.4 is 20.9 Å². The van der Waals surface area contributed by atoms with Gasteiger partial charge < -0.3 is 20.9 Å². The Kier molecular flexibility index (Phi) is 5.99. The van der Waals surface area contributed by atoms with Gasteiger partial charge in [0, 0.05) is 42.5 Å². The normalized spacial score (nSPS) is 26.1. The van der Waals surface area contributed by atoms with Crippen LogP contribution in [0.15, 0.2) is 24.4 Å². The largest absolute Gasteiger partial charge is 0.352 e. The van der Waals surface area contributed by atoms with Crippen LogP contribution in [0.5, 0.6) is 0 Å². The lowest BCUT2D eigenvalue weighted by atomic mass is 9.91. The van der Waals surface area contributed by atoms with Gasteiger partial charge in [-0.2, -0.15) is 15.1 Å². The van der Waals surface area contributed by atoms with Gasteiger partial charge in [-0.05, 0) is 88.8 Å². The van der Waals surface area contributed by atoms with Crippen LogP contribution in [0.3, 0.4) is 0 Å². The number of rotatable bonds is 9. The van der Waals surface area contributed by atoms with E-state index in [0.29, 0.717) is 23.9 Å². The smallest absolute Gasteiger partial charge is 0.243 e. The number of anilines is 3. The zero-order valence-corrected chi connectivity index (χ0v) is 21.3. The van der Waals surface area contributed by atoms with Gasteiger partial charge in [0.25, 0.3) is 0 Å². The zero-order chi connectivity index (χ0) is 24.8. The molecule has 0 spiro atoms. The Morgan fingerprint density at radius 1 is 1.03 bits per heavy atom. The Bertz CT molecular complexity index is 1250. The van der Waals surface area contributed by atoms with E-state index in [0.717, 1.165) is 62.5 Å². The van der Waals surface area contributed by atoms with E-state index in [9.17, 15) is 4.79 Å². The first-order valence-corrected chi connectivity index (χ1v) is 14.2. The van der Waals surface area contributed by atoms with Gasteiger partial charge in [0.1, 0.15) is 11.7 Å². The Labute approximate surface area is 217 Å². The van der Waals surface area contributed by atoms with E-state index in [4.69, 9.17) is 9.97 Å². The molecule has 4 aliphatic rings. The van der Waals surface area contributed by atoms with Crippen LogP contribution in [0.25, 0.3) is 5.65 Å². The molecule has 4 heterocycles. The molecule has 1 atom stereocenters. The van der Waals surface area contributed by atoms with Gasteiger partial charge in [0.05, 0.1) is 0 Å². The van der Waals surface area contributed by atoms with E-state index in [1.807, 2.05) is 22.7 Å². The Morgan fingerprint density at radius 2 is 1.86 bits per heavy atom. The predicted octanol–water partition coefficient (Wildman–Crippen LogP) is 3.47. The standard InChI is InChI=1S/C27H37N9O/c37-25(29-20-11-9-19(10-12-20)28-16-17-5-6-17)22-3-1-13-35(22)27-31-24-4-2-14-36(24)26(32-27)30-23-15-21(33-34-23)18-7-8-18/h2,4,14-15,17-20,22,28H,1,3,5-13,16H2,(H,29,37)(H2,30,31,32,33,34)/t19?,20?,22-/m0/s1. The van der Waals surface area contributed by atoms with E-state index in [2.05, 4.69) is 37.1 Å². The molecular weight excluding hydrogens is 466 g/mol. The molecular formula is C27H37N9O. The van der Waals surface area contributed by atoms with Crippen molar-refractivity contribution < 1.29 is 4.79 Å². The minimum Gasteiger partial charge on any atom is -0.352 e. The second kappa shape index (κ2) is 9.63. The molecule has 4 N–H and O–H groups in total. The quantitative estimate of drug-likeness (QED) is 0.353. The molecule has 196 valence electrons. The number of hydrogen-bond donors (Lipinski definition) is 4. The van der Waals surface area contributed by atoms with Gasteiger partial charge in [-0.3, -0.25) is 14.3 Å². The van der Waals surface area contributed by atoms with Crippen molar-refractivity contribution in [2.45, 2.75) is 88.3 Å². The van der Waals surface area contributed by atoms with Gasteiger partial charge in [0.15, 0.2) is 5.82 Å². The highest BCUT2D eigenvalue weighted by molar-refractivity contribution is 5.85. The molecule has 0 radical (unpaired) electrons. The number of amides is 1. The van der Waals surface area contributed by atoms with E-state index < -0.39 is 0 Å². The summed E-state index contributed by atoms with van der Waals surface area (Å²) in [6.07, 6.45) is 13.3. The van der Waals surface area contributed by atoms with Crippen molar-refractivity contribution in [3.05, 3.63) is 30.1 Å². The second-order valence-corrected chi connectivity index (χ2v) is 11.5. The molecule has 1 saturated heterocycles. The van der Waals surface area contributed by atoms with Crippen LogP contribution in [0, 0.1) is 5.92 Å². The molecule has 1 aliphatic heterocycles. The number of carbonyl (C=O) groups excluding carboxylic acids is 1. The summed E-state index contributed by atoms with van der Waals surface area (Å²) < 4.78 is 1.93. The summed E-state index contributed by atoms with van der Waals surface area (Å²) in [4.78, 5) is 25.2. The summed E-state index contributed by atoms with van der Waals surface area (Å²) in [6, 6.07) is 6.64. The van der Waals surface area contributed by atoms with Gasteiger partial charge in [0.2, 0.25) is 17.8 Å². The van der Waals surface area contributed by atoms with Gasteiger partial charge >= 0.3 is 0 Å². The molecule has 3 aliphatic carbocycles. The number of aromatic nitrogens is 5. The van der Waals surface area contributed by atoms with E-state index in [1.54, 1.807) is 0 Å². The first-order valence-electron chi connectivity index (χ1n) is 14.2. The lowest BCUT2D eigenvalue weighted by Gasteiger charge is -2.32. The molecule has 4 fully saturated rings. The predicted molar refractivity (Wildman–Crippen MR) is 142 cm³/mol. The molecule has 3 aromatic rings. The molecule has 0 bridgehead atoms. The average Bonchev–Trinajstić information content (AvgIpc) is 3.76. The fourth-order valence-corrected chi connectivity index (χ4v) is 5.93. The maximum absolute atomic E-state index is 13.4. The average molecular weight is 504 g/mol. The summed E-state index contributed by atoms with van der Waals surface area (Å²) >= 11 is 0. The third-order valence-electron chi connectivity index (χ3n) is 8.51. The number of nitrogens with zero attached hydrogens (tertiary/aromatic N) is 5. The van der Waals surface area contributed by atoms with E-state index in [1.165, 1.54) is 37.9 Å². The molecule has 3 saturated carbocycles. The first kappa shape index (κ1) is 23.0. The van der Waals surface area contributed by atoms with Crippen LogP contribution in [-0.4, -0.2) is 61.7 Å². The van der Waals surface area contributed by atoms with Crippen molar-refractivity contribution in [1.29, 1.82) is 0 Å². The molecule has 0 aromatic carbocycles. The fraction of sp³-hybridized carbons (Fsp3) is 0.630. The lowest BCUT2D eigenvalue weighted by molar-refractivity contribution is -0.123. The van der Waals surface area contributed by atoms with E-state index >= 15 is 0 Å². The van der Waals surface area contributed by atoms with Gasteiger partial charge in [-0.15, -0.1) is 0 Å². The molecule has 3 aromatic heterocycles. The number of aromatic amines is 1. The van der Waals surface area contributed by atoms with Gasteiger partial charge in [-0.1, -0.05) is 0 Å². The summed E-state index contributed by atoms with van der Waals surface area (Å²) in [5.74, 6) is 3.63. The number of nitrogens with one attached hydrogen (secondary N) is 4. The summed E-state index contributed by atoms with van der Waals surface area (Å²) in [5, 5.41) is 18.1. The topological polar surface area (TPSA) is 115 Å². The monoisotopic (exact) mass is 503 g/mol.